The smallest absolute Gasteiger partial charge is 0.375 e. The number of carbonyl (C=O) groups is 2. The largest absolute Gasteiger partial charge is 0.449 e. The summed E-state index contributed by atoms with van der Waals surface area (Å²) in [5.74, 6) is -1.14. The number of aryl methyl sites for hydroxylation is 1. The van der Waals surface area contributed by atoms with Crippen LogP contribution in [0.3, 0.4) is 0 Å². The zero-order valence-corrected chi connectivity index (χ0v) is 20.0. The van der Waals surface area contributed by atoms with Crippen LogP contribution in [0, 0.1) is 6.92 Å². The number of rotatable bonds is 7. The molecule has 1 N–H and O–H groups in total. The molecule has 8 nitrogen and oxygen atoms in total. The third kappa shape index (κ3) is 5.44. The maximum absolute atomic E-state index is 12.6. The number of sulfonamides is 1. The van der Waals surface area contributed by atoms with Crippen molar-refractivity contribution in [2.75, 3.05) is 19.4 Å². The first kappa shape index (κ1) is 24.5. The Kier molecular flexibility index (Phi) is 7.26. The molecule has 1 amide bonds. The summed E-state index contributed by atoms with van der Waals surface area (Å²) in [5, 5.41) is 3.08. The number of benzene rings is 2. The molecule has 1 unspecified atom stereocenters. The number of carbonyl (C=O) groups excluding carboxylic acids is 2. The average molecular weight is 491 g/mol. The molecule has 174 valence electrons. The molecule has 2 aromatic carbocycles. The predicted molar refractivity (Wildman–Crippen MR) is 125 cm³/mol. The summed E-state index contributed by atoms with van der Waals surface area (Å²) in [4.78, 5) is 25.1. The SMILES string of the molecule is Cc1ccc(S(=O)(=O)N(C)C)cc1NC(=O)C(C)OC(=O)c1ccc(-c2ccccc2Cl)o1. The zero-order chi connectivity index (χ0) is 24.3. The van der Waals surface area contributed by atoms with E-state index in [0.29, 0.717) is 27.6 Å². The number of hydrogen-bond donors (Lipinski definition) is 1. The number of hydrogen-bond acceptors (Lipinski definition) is 6. The molecule has 0 radical (unpaired) electrons. The summed E-state index contributed by atoms with van der Waals surface area (Å²) in [7, 11) is -0.841. The zero-order valence-electron chi connectivity index (χ0n) is 18.5. The maximum atomic E-state index is 12.6. The third-order valence-corrected chi connectivity index (χ3v) is 6.99. The highest BCUT2D eigenvalue weighted by Crippen LogP contribution is 2.29. The van der Waals surface area contributed by atoms with Gasteiger partial charge in [0.25, 0.3) is 5.91 Å². The van der Waals surface area contributed by atoms with Crippen LogP contribution in [0.2, 0.25) is 5.02 Å². The molecule has 0 fully saturated rings. The first-order valence-electron chi connectivity index (χ1n) is 9.90. The van der Waals surface area contributed by atoms with Gasteiger partial charge in [-0.05, 0) is 55.8 Å². The van der Waals surface area contributed by atoms with E-state index < -0.39 is 28.0 Å². The highest BCUT2D eigenvalue weighted by atomic mass is 35.5. The number of esters is 1. The highest BCUT2D eigenvalue weighted by Gasteiger charge is 2.24. The van der Waals surface area contributed by atoms with E-state index in [1.54, 1.807) is 43.3 Å². The van der Waals surface area contributed by atoms with Gasteiger partial charge in [0, 0.05) is 25.3 Å². The molecule has 3 rings (SSSR count). The van der Waals surface area contributed by atoms with Crippen LogP contribution in [0.15, 0.2) is 63.9 Å². The Morgan fingerprint density at radius 2 is 1.79 bits per heavy atom. The van der Waals surface area contributed by atoms with Crippen molar-refractivity contribution in [3.63, 3.8) is 0 Å². The van der Waals surface area contributed by atoms with Gasteiger partial charge in [-0.15, -0.1) is 0 Å². The summed E-state index contributed by atoms with van der Waals surface area (Å²) < 4.78 is 36.6. The van der Waals surface area contributed by atoms with E-state index >= 15 is 0 Å². The van der Waals surface area contributed by atoms with Gasteiger partial charge in [0.15, 0.2) is 6.10 Å². The van der Waals surface area contributed by atoms with Gasteiger partial charge in [-0.25, -0.2) is 17.5 Å². The van der Waals surface area contributed by atoms with Crippen LogP contribution in [0.1, 0.15) is 23.0 Å². The van der Waals surface area contributed by atoms with Crippen LogP contribution in [-0.4, -0.2) is 44.8 Å². The van der Waals surface area contributed by atoms with Crippen molar-refractivity contribution in [3.05, 3.63) is 70.9 Å². The molecular weight excluding hydrogens is 468 g/mol. The van der Waals surface area contributed by atoms with E-state index in [4.69, 9.17) is 20.8 Å². The second-order valence-corrected chi connectivity index (χ2v) is 10.0. The molecule has 1 heterocycles. The minimum Gasteiger partial charge on any atom is -0.449 e. The minimum absolute atomic E-state index is 0.0285. The average Bonchev–Trinajstić information content (AvgIpc) is 3.25. The van der Waals surface area contributed by atoms with Crippen molar-refractivity contribution in [1.29, 1.82) is 0 Å². The lowest BCUT2D eigenvalue weighted by molar-refractivity contribution is -0.123. The van der Waals surface area contributed by atoms with Crippen LogP contribution >= 0.6 is 11.6 Å². The Hall–Kier alpha value is -3.14. The molecule has 0 aliphatic rings. The fourth-order valence-corrected chi connectivity index (χ4v) is 4.02. The maximum Gasteiger partial charge on any atom is 0.375 e. The molecule has 1 atom stereocenters. The van der Waals surface area contributed by atoms with Gasteiger partial charge < -0.3 is 14.5 Å². The third-order valence-electron chi connectivity index (χ3n) is 4.85. The Morgan fingerprint density at radius 1 is 1.09 bits per heavy atom. The summed E-state index contributed by atoms with van der Waals surface area (Å²) in [5.41, 5.74) is 1.56. The normalized spacial score (nSPS) is 12.4. The molecule has 1 aromatic heterocycles. The molecule has 3 aromatic rings. The Balaban J connectivity index is 1.71. The number of amides is 1. The Bertz CT molecular complexity index is 1300. The van der Waals surface area contributed by atoms with E-state index in [9.17, 15) is 18.0 Å². The molecule has 0 saturated carbocycles. The number of halogens is 1. The van der Waals surface area contributed by atoms with E-state index in [1.807, 2.05) is 0 Å². The number of nitrogens with zero attached hydrogens (tertiary/aromatic N) is 1. The molecule has 0 aliphatic carbocycles. The lowest BCUT2D eigenvalue weighted by atomic mass is 10.2. The molecule has 33 heavy (non-hydrogen) atoms. The van der Waals surface area contributed by atoms with Gasteiger partial charge in [0.05, 0.1) is 9.92 Å². The van der Waals surface area contributed by atoms with Crippen molar-refractivity contribution in [1.82, 2.24) is 4.31 Å². The van der Waals surface area contributed by atoms with Crippen molar-refractivity contribution in [2.24, 2.45) is 0 Å². The van der Waals surface area contributed by atoms with Gasteiger partial charge in [-0.3, -0.25) is 4.79 Å². The summed E-state index contributed by atoms with van der Waals surface area (Å²) in [6, 6.07) is 14.4. The van der Waals surface area contributed by atoms with Crippen LogP contribution < -0.4 is 5.32 Å². The van der Waals surface area contributed by atoms with Crippen molar-refractivity contribution >= 4 is 39.2 Å². The minimum atomic E-state index is -3.68. The second-order valence-electron chi connectivity index (χ2n) is 7.44. The predicted octanol–water partition coefficient (Wildman–Crippen LogP) is 4.34. The fourth-order valence-electron chi connectivity index (χ4n) is 2.87. The quantitative estimate of drug-likeness (QED) is 0.494. The van der Waals surface area contributed by atoms with E-state index in [1.165, 1.54) is 39.2 Å². The van der Waals surface area contributed by atoms with Crippen molar-refractivity contribution in [2.45, 2.75) is 24.8 Å². The van der Waals surface area contributed by atoms with Crippen molar-refractivity contribution < 1.29 is 27.2 Å². The van der Waals surface area contributed by atoms with Crippen molar-refractivity contribution in [3.8, 4) is 11.3 Å². The van der Waals surface area contributed by atoms with Gasteiger partial charge in [-0.1, -0.05) is 29.8 Å². The fraction of sp³-hybridized carbons (Fsp3) is 0.217. The van der Waals surface area contributed by atoms with Crippen LogP contribution in [-0.2, 0) is 19.6 Å². The van der Waals surface area contributed by atoms with E-state index in [0.717, 1.165) is 4.31 Å². The summed E-state index contributed by atoms with van der Waals surface area (Å²) in [6.45, 7) is 3.12. The number of nitrogens with one attached hydrogen (secondary N) is 1. The standard InChI is InChI=1S/C23H23ClN2O6S/c1-14-9-10-16(33(29,30)26(3)4)13-19(14)25-22(27)15(2)31-23(28)21-12-11-20(32-21)17-7-5-6-8-18(17)24/h5-13,15H,1-4H3,(H,25,27). The monoisotopic (exact) mass is 490 g/mol. The second kappa shape index (κ2) is 9.78. The highest BCUT2D eigenvalue weighted by molar-refractivity contribution is 7.89. The molecule has 0 aliphatic heterocycles. The van der Waals surface area contributed by atoms with Gasteiger partial charge in [0.2, 0.25) is 15.8 Å². The van der Waals surface area contributed by atoms with E-state index in [-0.39, 0.29) is 10.7 Å². The topological polar surface area (TPSA) is 106 Å². The summed E-state index contributed by atoms with van der Waals surface area (Å²) >= 11 is 6.15. The van der Waals surface area contributed by atoms with Gasteiger partial charge in [0.1, 0.15) is 5.76 Å². The molecule has 0 saturated heterocycles. The number of anilines is 1. The van der Waals surface area contributed by atoms with Gasteiger partial charge >= 0.3 is 5.97 Å². The molecular formula is C23H23ClN2O6S. The van der Waals surface area contributed by atoms with Gasteiger partial charge in [-0.2, -0.15) is 0 Å². The van der Waals surface area contributed by atoms with E-state index in [2.05, 4.69) is 5.32 Å². The lowest BCUT2D eigenvalue weighted by Crippen LogP contribution is -2.30. The Labute approximate surface area is 197 Å². The van der Waals surface area contributed by atoms with Crippen LogP contribution in [0.25, 0.3) is 11.3 Å². The molecule has 0 spiro atoms. The first-order valence-corrected chi connectivity index (χ1v) is 11.7. The summed E-state index contributed by atoms with van der Waals surface area (Å²) in [6.07, 6.45) is -1.17. The number of furan rings is 1. The first-order chi connectivity index (χ1) is 15.5. The molecule has 0 bridgehead atoms. The van der Waals surface area contributed by atoms with Crippen LogP contribution in [0.5, 0.6) is 0 Å². The number of ether oxygens (including phenoxy) is 1. The lowest BCUT2D eigenvalue weighted by Gasteiger charge is -2.16. The van der Waals surface area contributed by atoms with Crippen LogP contribution in [0.4, 0.5) is 5.69 Å². The molecule has 10 heteroatoms. The Morgan fingerprint density at radius 3 is 2.45 bits per heavy atom.